The normalized spacial score (nSPS) is 17.1. The molecule has 1 N–H and O–H groups in total. The maximum atomic E-state index is 13.2. The molecule has 1 unspecified atom stereocenters. The summed E-state index contributed by atoms with van der Waals surface area (Å²) in [5, 5.41) is 3.53. The minimum Gasteiger partial charge on any atom is -0.310 e. The molecule has 1 aromatic rings. The van der Waals surface area contributed by atoms with Crippen LogP contribution in [0, 0.1) is 11.7 Å². The van der Waals surface area contributed by atoms with Crippen LogP contribution in [-0.4, -0.2) is 6.54 Å². The van der Waals surface area contributed by atoms with Crippen LogP contribution in [0.3, 0.4) is 0 Å². The summed E-state index contributed by atoms with van der Waals surface area (Å²) in [7, 11) is 0. The number of hydrogen-bond acceptors (Lipinski definition) is 1. The van der Waals surface area contributed by atoms with Crippen LogP contribution < -0.4 is 5.32 Å². The maximum absolute atomic E-state index is 13.2. The van der Waals surface area contributed by atoms with Crippen LogP contribution in [0.5, 0.6) is 0 Å². The van der Waals surface area contributed by atoms with Gasteiger partial charge in [-0.25, -0.2) is 4.39 Å². The van der Waals surface area contributed by atoms with Crippen LogP contribution in [0.4, 0.5) is 4.39 Å². The summed E-state index contributed by atoms with van der Waals surface area (Å²) in [5.74, 6) is 0.812. The molecule has 1 fully saturated rings. The van der Waals surface area contributed by atoms with Crippen molar-refractivity contribution in [2.45, 2.75) is 45.1 Å². The number of rotatable bonds is 7. The van der Waals surface area contributed by atoms with Gasteiger partial charge in [0.1, 0.15) is 5.82 Å². The van der Waals surface area contributed by atoms with Gasteiger partial charge in [0.05, 0.1) is 0 Å². The maximum Gasteiger partial charge on any atom is 0.123 e. The first kappa shape index (κ1) is 12.6. The molecule has 1 saturated carbocycles. The highest BCUT2D eigenvalue weighted by Crippen LogP contribution is 2.35. The van der Waals surface area contributed by atoms with Crippen molar-refractivity contribution < 1.29 is 4.39 Å². The minimum atomic E-state index is -0.128. The molecule has 0 spiro atoms. The summed E-state index contributed by atoms with van der Waals surface area (Å²) < 4.78 is 13.2. The molecule has 2 rings (SSSR count). The Labute approximate surface area is 103 Å². The molecule has 0 heterocycles. The summed E-state index contributed by atoms with van der Waals surface area (Å²) in [4.78, 5) is 0. The first-order valence-corrected chi connectivity index (χ1v) is 6.78. The van der Waals surface area contributed by atoms with Crippen LogP contribution in [0.2, 0.25) is 0 Å². The third-order valence-electron chi connectivity index (χ3n) is 3.45. The molecule has 0 aliphatic heterocycles. The average molecular weight is 235 g/mol. The van der Waals surface area contributed by atoms with Crippen LogP contribution in [0.1, 0.15) is 50.6 Å². The zero-order valence-electron chi connectivity index (χ0n) is 10.6. The highest BCUT2D eigenvalue weighted by molar-refractivity contribution is 5.20. The second kappa shape index (κ2) is 6.15. The van der Waals surface area contributed by atoms with Gasteiger partial charge >= 0.3 is 0 Å². The van der Waals surface area contributed by atoms with Crippen LogP contribution in [-0.2, 0) is 0 Å². The molecule has 0 bridgehead atoms. The predicted octanol–water partition coefficient (Wildman–Crippen LogP) is 4.06. The van der Waals surface area contributed by atoms with Crippen LogP contribution in [0.25, 0.3) is 0 Å². The van der Waals surface area contributed by atoms with Gasteiger partial charge in [-0.1, -0.05) is 31.9 Å². The van der Waals surface area contributed by atoms with Crippen LogP contribution >= 0.6 is 0 Å². The van der Waals surface area contributed by atoms with Gasteiger partial charge in [0, 0.05) is 6.04 Å². The van der Waals surface area contributed by atoms with Gasteiger partial charge in [-0.05, 0) is 49.4 Å². The van der Waals surface area contributed by atoms with E-state index >= 15 is 0 Å². The lowest BCUT2D eigenvalue weighted by molar-refractivity contribution is 0.467. The first-order chi connectivity index (χ1) is 8.29. The van der Waals surface area contributed by atoms with E-state index in [9.17, 15) is 4.39 Å². The number of hydrogen-bond donors (Lipinski definition) is 1. The van der Waals surface area contributed by atoms with Crippen LogP contribution in [0.15, 0.2) is 24.3 Å². The topological polar surface area (TPSA) is 12.0 Å². The minimum absolute atomic E-state index is 0.128. The van der Waals surface area contributed by atoms with E-state index in [1.807, 2.05) is 12.1 Å². The SMILES string of the molecule is CCCNC(CCC1CC1)c1cccc(F)c1. The van der Waals surface area contributed by atoms with Gasteiger partial charge in [0.25, 0.3) is 0 Å². The molecule has 1 atom stereocenters. The molecule has 0 saturated heterocycles. The Morgan fingerprint density at radius 1 is 1.41 bits per heavy atom. The Morgan fingerprint density at radius 2 is 2.24 bits per heavy atom. The molecule has 0 amide bonds. The van der Waals surface area contributed by atoms with E-state index in [1.54, 1.807) is 6.07 Å². The van der Waals surface area contributed by atoms with Crippen molar-refractivity contribution in [1.82, 2.24) is 5.32 Å². The predicted molar refractivity (Wildman–Crippen MR) is 69.4 cm³/mol. The Balaban J connectivity index is 1.96. The zero-order valence-corrected chi connectivity index (χ0v) is 10.6. The summed E-state index contributed by atoms with van der Waals surface area (Å²) in [6, 6.07) is 7.35. The Bertz CT molecular complexity index is 347. The van der Waals surface area contributed by atoms with Gasteiger partial charge in [-0.2, -0.15) is 0 Å². The lowest BCUT2D eigenvalue weighted by atomic mass is 10.00. The summed E-state index contributed by atoms with van der Waals surface area (Å²) in [6.45, 7) is 3.17. The quantitative estimate of drug-likeness (QED) is 0.751. The van der Waals surface area contributed by atoms with E-state index in [2.05, 4.69) is 12.2 Å². The molecule has 1 nitrogen and oxygen atoms in total. The Morgan fingerprint density at radius 3 is 2.88 bits per heavy atom. The molecule has 0 radical (unpaired) electrons. The standard InChI is InChI=1S/C15H22FN/c1-2-10-17-15(9-8-12-6-7-12)13-4-3-5-14(16)11-13/h3-5,11-12,15,17H,2,6-10H2,1H3. The second-order valence-corrected chi connectivity index (χ2v) is 5.08. The molecular formula is C15H22FN. The number of benzene rings is 1. The third-order valence-corrected chi connectivity index (χ3v) is 3.45. The van der Waals surface area contributed by atoms with Crippen molar-refractivity contribution in [2.24, 2.45) is 5.92 Å². The summed E-state index contributed by atoms with van der Waals surface area (Å²) in [6.07, 6.45) is 6.31. The second-order valence-electron chi connectivity index (χ2n) is 5.08. The molecule has 17 heavy (non-hydrogen) atoms. The van der Waals surface area contributed by atoms with Gasteiger partial charge in [0.2, 0.25) is 0 Å². The highest BCUT2D eigenvalue weighted by Gasteiger charge is 2.22. The highest BCUT2D eigenvalue weighted by atomic mass is 19.1. The van der Waals surface area contributed by atoms with Crippen molar-refractivity contribution in [3.63, 3.8) is 0 Å². The summed E-state index contributed by atoms with van der Waals surface area (Å²) in [5.41, 5.74) is 1.10. The smallest absolute Gasteiger partial charge is 0.123 e. The van der Waals surface area contributed by atoms with Crippen molar-refractivity contribution in [2.75, 3.05) is 6.54 Å². The van der Waals surface area contributed by atoms with Crippen molar-refractivity contribution >= 4 is 0 Å². The van der Waals surface area contributed by atoms with Gasteiger partial charge in [-0.3, -0.25) is 0 Å². The summed E-state index contributed by atoms with van der Waals surface area (Å²) >= 11 is 0. The van der Waals surface area contributed by atoms with E-state index in [4.69, 9.17) is 0 Å². The molecule has 2 heteroatoms. The van der Waals surface area contributed by atoms with E-state index in [-0.39, 0.29) is 5.82 Å². The van der Waals surface area contributed by atoms with Gasteiger partial charge < -0.3 is 5.32 Å². The molecule has 0 aromatic heterocycles. The first-order valence-electron chi connectivity index (χ1n) is 6.78. The van der Waals surface area contributed by atoms with E-state index < -0.39 is 0 Å². The molecule has 1 aliphatic rings. The lowest BCUT2D eigenvalue weighted by Crippen LogP contribution is -2.22. The fourth-order valence-corrected chi connectivity index (χ4v) is 2.24. The van der Waals surface area contributed by atoms with Crippen molar-refractivity contribution in [3.8, 4) is 0 Å². The number of nitrogens with one attached hydrogen (secondary N) is 1. The molecule has 1 aliphatic carbocycles. The van der Waals surface area contributed by atoms with Gasteiger partial charge in [0.15, 0.2) is 0 Å². The van der Waals surface area contributed by atoms with E-state index in [0.717, 1.165) is 30.9 Å². The monoisotopic (exact) mass is 235 g/mol. The fraction of sp³-hybridized carbons (Fsp3) is 0.600. The Kier molecular flexibility index (Phi) is 4.55. The fourth-order valence-electron chi connectivity index (χ4n) is 2.24. The lowest BCUT2D eigenvalue weighted by Gasteiger charge is -2.19. The van der Waals surface area contributed by atoms with Gasteiger partial charge in [-0.15, -0.1) is 0 Å². The van der Waals surface area contributed by atoms with E-state index in [0.29, 0.717) is 6.04 Å². The largest absolute Gasteiger partial charge is 0.310 e. The van der Waals surface area contributed by atoms with Crippen molar-refractivity contribution in [1.29, 1.82) is 0 Å². The van der Waals surface area contributed by atoms with Crippen molar-refractivity contribution in [3.05, 3.63) is 35.6 Å². The van der Waals surface area contributed by atoms with E-state index in [1.165, 1.54) is 25.3 Å². The molecular weight excluding hydrogens is 213 g/mol. The average Bonchev–Trinajstić information content (AvgIpc) is 3.13. The zero-order chi connectivity index (χ0) is 12.1. The third kappa shape index (κ3) is 4.12. The Hall–Kier alpha value is -0.890. The molecule has 94 valence electrons. The number of halogens is 1. The molecule has 1 aromatic carbocycles.